The lowest BCUT2D eigenvalue weighted by atomic mass is 10.3. The quantitative estimate of drug-likeness (QED) is 0.743. The molecule has 1 aromatic rings. The Bertz CT molecular complexity index is 375. The van der Waals surface area contributed by atoms with Crippen molar-refractivity contribution in [3.8, 4) is 5.75 Å². The Morgan fingerprint density at radius 2 is 1.89 bits per heavy atom. The Balaban J connectivity index is 2.37. The highest BCUT2D eigenvalue weighted by Gasteiger charge is 2.01. The first-order valence-corrected chi connectivity index (χ1v) is 6.64. The van der Waals surface area contributed by atoms with Crippen molar-refractivity contribution in [2.24, 2.45) is 5.73 Å². The van der Waals surface area contributed by atoms with Crippen molar-refractivity contribution < 1.29 is 9.53 Å². The van der Waals surface area contributed by atoms with Crippen LogP contribution in [-0.2, 0) is 4.79 Å². The molecule has 0 aromatic heterocycles. The number of hydrogen-bond donors (Lipinski definition) is 2. The Labute approximate surface area is 114 Å². The maximum atomic E-state index is 11.1. The Morgan fingerprint density at radius 1 is 1.26 bits per heavy atom. The summed E-state index contributed by atoms with van der Waals surface area (Å²) in [5.41, 5.74) is 5.96. The zero-order valence-electron chi connectivity index (χ0n) is 11.7. The van der Waals surface area contributed by atoms with Crippen LogP contribution in [0.2, 0.25) is 0 Å². The molecule has 106 valence electrons. The number of likely N-dealkylation sites (N-methyl/N-ethyl adjacent to an activating group) is 1. The summed E-state index contributed by atoms with van der Waals surface area (Å²) in [5.74, 6) is 0.605. The average Bonchev–Trinajstić information content (AvgIpc) is 2.45. The fraction of sp³-hybridized carbons (Fsp3) is 0.500. The normalized spacial score (nSPS) is 10.5. The van der Waals surface area contributed by atoms with Gasteiger partial charge in [0.05, 0.1) is 6.54 Å². The standard InChI is InChI=1S/C14H23N3O2/c1-3-17(4-2)9-10-19-13-7-5-12(6-8-13)16-14(18)11-15/h5-8H,3-4,9-11,15H2,1-2H3,(H,16,18). The van der Waals surface area contributed by atoms with Gasteiger partial charge < -0.3 is 20.7 Å². The van der Waals surface area contributed by atoms with E-state index in [0.29, 0.717) is 6.61 Å². The molecular formula is C14H23N3O2. The monoisotopic (exact) mass is 265 g/mol. The molecule has 0 unspecified atom stereocenters. The van der Waals surface area contributed by atoms with E-state index in [1.165, 1.54) is 0 Å². The number of ether oxygens (including phenoxy) is 1. The van der Waals surface area contributed by atoms with E-state index in [1.54, 1.807) is 12.1 Å². The van der Waals surface area contributed by atoms with E-state index in [-0.39, 0.29) is 12.5 Å². The molecule has 0 heterocycles. The highest BCUT2D eigenvalue weighted by atomic mass is 16.5. The third-order valence-electron chi connectivity index (χ3n) is 2.89. The molecule has 1 amide bonds. The zero-order chi connectivity index (χ0) is 14.1. The number of nitrogens with two attached hydrogens (primary N) is 1. The molecule has 0 aliphatic heterocycles. The molecule has 1 rings (SSSR count). The molecule has 0 aliphatic carbocycles. The fourth-order valence-corrected chi connectivity index (χ4v) is 1.68. The minimum atomic E-state index is -0.199. The van der Waals surface area contributed by atoms with Crippen LogP contribution in [0.3, 0.4) is 0 Å². The summed E-state index contributed by atoms with van der Waals surface area (Å²) in [5, 5.41) is 2.68. The molecule has 1 aromatic carbocycles. The van der Waals surface area contributed by atoms with Crippen LogP contribution >= 0.6 is 0 Å². The van der Waals surface area contributed by atoms with Gasteiger partial charge >= 0.3 is 0 Å². The van der Waals surface area contributed by atoms with Gasteiger partial charge in [0.15, 0.2) is 0 Å². The van der Waals surface area contributed by atoms with Crippen LogP contribution in [0, 0.1) is 0 Å². The van der Waals surface area contributed by atoms with E-state index in [0.717, 1.165) is 31.1 Å². The van der Waals surface area contributed by atoms with Gasteiger partial charge in [-0.1, -0.05) is 13.8 Å². The first kappa shape index (κ1) is 15.5. The topological polar surface area (TPSA) is 67.6 Å². The number of benzene rings is 1. The third-order valence-corrected chi connectivity index (χ3v) is 2.89. The fourth-order valence-electron chi connectivity index (χ4n) is 1.68. The maximum Gasteiger partial charge on any atom is 0.238 e. The SMILES string of the molecule is CCN(CC)CCOc1ccc(NC(=O)CN)cc1. The average molecular weight is 265 g/mol. The molecule has 19 heavy (non-hydrogen) atoms. The predicted octanol–water partition coefficient (Wildman–Crippen LogP) is 1.30. The van der Waals surface area contributed by atoms with Crippen LogP contribution in [0.5, 0.6) is 5.75 Å². The molecule has 0 atom stereocenters. The van der Waals surface area contributed by atoms with Crippen molar-refractivity contribution >= 4 is 11.6 Å². The van der Waals surface area contributed by atoms with Crippen LogP contribution in [-0.4, -0.2) is 43.6 Å². The Morgan fingerprint density at radius 3 is 2.42 bits per heavy atom. The van der Waals surface area contributed by atoms with E-state index in [2.05, 4.69) is 24.1 Å². The second-order valence-electron chi connectivity index (χ2n) is 4.15. The first-order valence-electron chi connectivity index (χ1n) is 6.64. The second kappa shape index (κ2) is 8.50. The maximum absolute atomic E-state index is 11.1. The van der Waals surface area contributed by atoms with Gasteiger partial charge in [-0.05, 0) is 37.4 Å². The highest BCUT2D eigenvalue weighted by Crippen LogP contribution is 2.15. The minimum absolute atomic E-state index is 0.0118. The van der Waals surface area contributed by atoms with Crippen LogP contribution in [0.1, 0.15) is 13.8 Å². The van der Waals surface area contributed by atoms with Gasteiger partial charge in [0.25, 0.3) is 0 Å². The highest BCUT2D eigenvalue weighted by molar-refractivity contribution is 5.92. The number of anilines is 1. The number of nitrogens with zero attached hydrogens (tertiary/aromatic N) is 1. The number of carbonyl (C=O) groups is 1. The number of hydrogen-bond acceptors (Lipinski definition) is 4. The van der Waals surface area contributed by atoms with Crippen LogP contribution < -0.4 is 15.8 Å². The van der Waals surface area contributed by atoms with Crippen molar-refractivity contribution in [2.75, 3.05) is 38.1 Å². The van der Waals surface area contributed by atoms with Gasteiger partial charge in [-0.25, -0.2) is 0 Å². The number of amides is 1. The number of nitrogens with one attached hydrogen (secondary N) is 1. The Hall–Kier alpha value is -1.59. The molecule has 5 nitrogen and oxygen atoms in total. The summed E-state index contributed by atoms with van der Waals surface area (Å²) in [4.78, 5) is 13.4. The molecule has 0 saturated heterocycles. The van der Waals surface area contributed by atoms with E-state index < -0.39 is 0 Å². The molecule has 0 aliphatic rings. The zero-order valence-corrected chi connectivity index (χ0v) is 11.7. The summed E-state index contributed by atoms with van der Waals surface area (Å²) >= 11 is 0. The lowest BCUT2D eigenvalue weighted by Crippen LogP contribution is -2.27. The summed E-state index contributed by atoms with van der Waals surface area (Å²) in [6.07, 6.45) is 0. The molecule has 0 saturated carbocycles. The molecule has 0 radical (unpaired) electrons. The van der Waals surface area contributed by atoms with Crippen molar-refractivity contribution in [2.45, 2.75) is 13.8 Å². The van der Waals surface area contributed by atoms with Crippen LogP contribution in [0.25, 0.3) is 0 Å². The van der Waals surface area contributed by atoms with Crippen molar-refractivity contribution in [1.82, 2.24) is 4.90 Å². The van der Waals surface area contributed by atoms with E-state index in [9.17, 15) is 4.79 Å². The van der Waals surface area contributed by atoms with E-state index >= 15 is 0 Å². The Kier molecular flexibility index (Phi) is 6.92. The molecular weight excluding hydrogens is 242 g/mol. The summed E-state index contributed by atoms with van der Waals surface area (Å²) in [7, 11) is 0. The largest absolute Gasteiger partial charge is 0.492 e. The van der Waals surface area contributed by atoms with Gasteiger partial charge in [-0.3, -0.25) is 4.79 Å². The molecule has 5 heteroatoms. The second-order valence-corrected chi connectivity index (χ2v) is 4.15. The lowest BCUT2D eigenvalue weighted by Gasteiger charge is -2.18. The summed E-state index contributed by atoms with van der Waals surface area (Å²) in [6, 6.07) is 7.29. The summed E-state index contributed by atoms with van der Waals surface area (Å²) < 4.78 is 5.65. The van der Waals surface area contributed by atoms with Gasteiger partial charge in [0.1, 0.15) is 12.4 Å². The lowest BCUT2D eigenvalue weighted by molar-refractivity contribution is -0.114. The van der Waals surface area contributed by atoms with Crippen molar-refractivity contribution in [1.29, 1.82) is 0 Å². The molecule has 0 bridgehead atoms. The van der Waals surface area contributed by atoms with Gasteiger partial charge in [0.2, 0.25) is 5.91 Å². The molecule has 0 spiro atoms. The molecule has 0 fully saturated rings. The van der Waals surface area contributed by atoms with E-state index in [4.69, 9.17) is 10.5 Å². The van der Waals surface area contributed by atoms with E-state index in [1.807, 2.05) is 12.1 Å². The third kappa shape index (κ3) is 5.72. The van der Waals surface area contributed by atoms with Gasteiger partial charge in [-0.2, -0.15) is 0 Å². The summed E-state index contributed by atoms with van der Waals surface area (Å²) in [6.45, 7) is 7.90. The minimum Gasteiger partial charge on any atom is -0.492 e. The smallest absolute Gasteiger partial charge is 0.238 e. The first-order chi connectivity index (χ1) is 9.19. The molecule has 3 N–H and O–H groups in total. The van der Waals surface area contributed by atoms with Crippen molar-refractivity contribution in [3.05, 3.63) is 24.3 Å². The predicted molar refractivity (Wildman–Crippen MR) is 77.4 cm³/mol. The van der Waals surface area contributed by atoms with Crippen LogP contribution in [0.15, 0.2) is 24.3 Å². The number of rotatable bonds is 8. The van der Waals surface area contributed by atoms with Gasteiger partial charge in [0, 0.05) is 12.2 Å². The number of carbonyl (C=O) groups excluding carboxylic acids is 1. The van der Waals surface area contributed by atoms with Gasteiger partial charge in [-0.15, -0.1) is 0 Å². The van der Waals surface area contributed by atoms with Crippen LogP contribution in [0.4, 0.5) is 5.69 Å². The van der Waals surface area contributed by atoms with Crippen molar-refractivity contribution in [3.63, 3.8) is 0 Å².